The Bertz CT molecular complexity index is 1530. The van der Waals surface area contributed by atoms with Gasteiger partial charge in [0.05, 0.1) is 12.6 Å². The lowest BCUT2D eigenvalue weighted by atomic mass is 9.88. The minimum Gasteiger partial charge on any atom is -0.264 e. The van der Waals surface area contributed by atoms with E-state index in [1.165, 1.54) is 50.1 Å². The van der Waals surface area contributed by atoms with E-state index in [1.54, 1.807) is 0 Å². The molecule has 0 saturated heterocycles. The maximum Gasteiger partial charge on any atom is 0.296 e. The average molecular weight is 475 g/mol. The molecule has 3 nitrogen and oxygen atoms in total. The van der Waals surface area contributed by atoms with Gasteiger partial charge in [-0.05, 0) is 78.3 Å². The molecular formula is C33H36N3+. The van der Waals surface area contributed by atoms with E-state index in [2.05, 4.69) is 129 Å². The highest BCUT2D eigenvalue weighted by molar-refractivity contribution is 5.79. The molecule has 0 bridgehead atoms. The van der Waals surface area contributed by atoms with Crippen LogP contribution in [0.5, 0.6) is 0 Å². The number of nitrogens with zero attached hydrogens (tertiary/aromatic N) is 3. The van der Waals surface area contributed by atoms with Gasteiger partial charge in [0.1, 0.15) is 5.69 Å². The lowest BCUT2D eigenvalue weighted by molar-refractivity contribution is -0.557. The number of imidazole rings is 1. The van der Waals surface area contributed by atoms with Gasteiger partial charge in [-0.1, -0.05) is 64.1 Å². The predicted octanol–water partition coefficient (Wildman–Crippen LogP) is 8.05. The second-order valence-corrected chi connectivity index (χ2v) is 10.6. The van der Waals surface area contributed by atoms with Crippen molar-refractivity contribution in [2.24, 2.45) is 7.05 Å². The largest absolute Gasteiger partial charge is 0.296 e. The topological polar surface area (TPSA) is 21.7 Å². The van der Waals surface area contributed by atoms with Crippen molar-refractivity contribution in [1.29, 1.82) is 0 Å². The first-order valence-corrected chi connectivity index (χ1v) is 12.9. The quantitative estimate of drug-likeness (QED) is 0.236. The van der Waals surface area contributed by atoms with E-state index >= 15 is 0 Å². The highest BCUT2D eigenvalue weighted by atomic mass is 15.2. The van der Waals surface area contributed by atoms with Gasteiger partial charge in [-0.2, -0.15) is 4.57 Å². The van der Waals surface area contributed by atoms with Crippen LogP contribution in [-0.2, 0) is 7.05 Å². The van der Waals surface area contributed by atoms with Crippen LogP contribution >= 0.6 is 0 Å². The molecule has 0 N–H and O–H groups in total. The molecular weight excluding hydrogens is 438 g/mol. The zero-order chi connectivity index (χ0) is 25.6. The molecule has 0 aliphatic rings. The maximum atomic E-state index is 4.53. The van der Waals surface area contributed by atoms with Crippen molar-refractivity contribution in [1.82, 2.24) is 9.55 Å². The zero-order valence-corrected chi connectivity index (χ0v) is 22.5. The standard InChI is InChI=1S/C33H36N3/c1-21(2)27-18-26(25-11-9-8-10-12-25)19-28(22(3)4)32(27)36-30-14-13-23(5)17-31(30)35(7)33(36)29-20-34-16-15-24(29)6/h8-22H,1-7H3/q+1. The van der Waals surface area contributed by atoms with Crippen LogP contribution in [0.15, 0.2) is 79.1 Å². The van der Waals surface area contributed by atoms with Crippen molar-refractivity contribution in [2.75, 3.05) is 0 Å². The Kier molecular flexibility index (Phi) is 6.26. The summed E-state index contributed by atoms with van der Waals surface area (Å²) in [6.07, 6.45) is 3.89. The first kappa shape index (κ1) is 24.0. The van der Waals surface area contributed by atoms with Crippen LogP contribution in [0.4, 0.5) is 0 Å². The van der Waals surface area contributed by atoms with E-state index in [4.69, 9.17) is 0 Å². The molecule has 0 atom stereocenters. The number of aromatic nitrogens is 3. The zero-order valence-electron chi connectivity index (χ0n) is 22.5. The van der Waals surface area contributed by atoms with Gasteiger partial charge in [-0.25, -0.2) is 4.57 Å². The third-order valence-corrected chi connectivity index (χ3v) is 7.29. The number of fused-ring (bicyclic) bond motifs is 1. The van der Waals surface area contributed by atoms with E-state index in [0.717, 1.165) is 11.4 Å². The maximum absolute atomic E-state index is 4.53. The van der Waals surface area contributed by atoms with Crippen LogP contribution < -0.4 is 4.57 Å². The van der Waals surface area contributed by atoms with Crippen LogP contribution in [0.1, 0.15) is 61.8 Å². The smallest absolute Gasteiger partial charge is 0.264 e. The van der Waals surface area contributed by atoms with Crippen LogP contribution in [0, 0.1) is 13.8 Å². The number of rotatable bonds is 5. The van der Waals surface area contributed by atoms with Gasteiger partial charge in [-0.15, -0.1) is 0 Å². The summed E-state index contributed by atoms with van der Waals surface area (Å²) in [4.78, 5) is 4.53. The molecule has 0 saturated carbocycles. The number of hydrogen-bond acceptors (Lipinski definition) is 1. The Morgan fingerprint density at radius 1 is 0.778 bits per heavy atom. The predicted molar refractivity (Wildman–Crippen MR) is 151 cm³/mol. The fourth-order valence-corrected chi connectivity index (χ4v) is 5.31. The molecule has 0 spiro atoms. The number of benzene rings is 3. The molecule has 36 heavy (non-hydrogen) atoms. The Labute approximate surface area is 215 Å². The van der Waals surface area contributed by atoms with Gasteiger partial charge in [0.15, 0.2) is 11.0 Å². The third kappa shape index (κ3) is 4.03. The van der Waals surface area contributed by atoms with Crippen molar-refractivity contribution in [2.45, 2.75) is 53.4 Å². The molecule has 0 radical (unpaired) electrons. The summed E-state index contributed by atoms with van der Waals surface area (Å²) in [5.41, 5.74) is 12.6. The van der Waals surface area contributed by atoms with Gasteiger partial charge < -0.3 is 0 Å². The lowest BCUT2D eigenvalue weighted by Gasteiger charge is -2.21. The summed E-state index contributed by atoms with van der Waals surface area (Å²) in [5, 5.41) is 0. The van der Waals surface area contributed by atoms with E-state index < -0.39 is 0 Å². The van der Waals surface area contributed by atoms with Gasteiger partial charge in [0.25, 0.3) is 5.82 Å². The molecule has 5 rings (SSSR count). The van der Waals surface area contributed by atoms with E-state index in [9.17, 15) is 0 Å². The third-order valence-electron chi connectivity index (χ3n) is 7.29. The first-order chi connectivity index (χ1) is 17.3. The Balaban J connectivity index is 1.95. The highest BCUT2D eigenvalue weighted by Gasteiger charge is 2.32. The van der Waals surface area contributed by atoms with Crippen LogP contribution in [0.25, 0.3) is 39.2 Å². The van der Waals surface area contributed by atoms with Gasteiger partial charge >= 0.3 is 0 Å². The highest BCUT2D eigenvalue weighted by Crippen LogP contribution is 2.36. The normalized spacial score (nSPS) is 11.7. The summed E-state index contributed by atoms with van der Waals surface area (Å²) in [6, 6.07) is 24.5. The number of pyridine rings is 1. The molecule has 2 heterocycles. The van der Waals surface area contributed by atoms with Crippen molar-refractivity contribution in [3.05, 3.63) is 101 Å². The van der Waals surface area contributed by atoms with Crippen molar-refractivity contribution < 1.29 is 4.57 Å². The molecule has 0 amide bonds. The molecule has 0 unspecified atom stereocenters. The summed E-state index contributed by atoms with van der Waals surface area (Å²) in [5.74, 6) is 1.88. The fourth-order valence-electron chi connectivity index (χ4n) is 5.31. The molecule has 2 aromatic heterocycles. The fraction of sp³-hybridized carbons (Fsp3) is 0.273. The Morgan fingerprint density at radius 2 is 1.44 bits per heavy atom. The summed E-state index contributed by atoms with van der Waals surface area (Å²) in [6.45, 7) is 13.6. The van der Waals surface area contributed by atoms with E-state index in [0.29, 0.717) is 11.8 Å². The van der Waals surface area contributed by atoms with Crippen LogP contribution in [-0.4, -0.2) is 9.55 Å². The van der Waals surface area contributed by atoms with Crippen LogP contribution in [0.2, 0.25) is 0 Å². The second-order valence-electron chi connectivity index (χ2n) is 10.6. The van der Waals surface area contributed by atoms with Gasteiger partial charge in [0, 0.05) is 23.5 Å². The second kappa shape index (κ2) is 9.39. The average Bonchev–Trinajstić information content (AvgIpc) is 3.15. The van der Waals surface area contributed by atoms with Crippen LogP contribution in [0.3, 0.4) is 0 Å². The van der Waals surface area contributed by atoms with E-state index in [1.807, 2.05) is 12.4 Å². The molecule has 0 aliphatic heterocycles. The molecule has 3 aromatic carbocycles. The molecule has 182 valence electrons. The SMILES string of the molecule is Cc1ccc2c(c1)n(C)c(-c1cnccc1C)[n+]2-c1c(C(C)C)cc(-c2ccccc2)cc1C(C)C. The summed E-state index contributed by atoms with van der Waals surface area (Å²) < 4.78 is 4.84. The molecule has 5 aromatic rings. The summed E-state index contributed by atoms with van der Waals surface area (Å²) >= 11 is 0. The first-order valence-electron chi connectivity index (χ1n) is 12.9. The van der Waals surface area contributed by atoms with E-state index in [-0.39, 0.29) is 0 Å². The van der Waals surface area contributed by atoms with Gasteiger partial charge in [0.2, 0.25) is 0 Å². The number of aryl methyl sites for hydroxylation is 3. The summed E-state index contributed by atoms with van der Waals surface area (Å²) in [7, 11) is 2.18. The van der Waals surface area contributed by atoms with Gasteiger partial charge in [-0.3, -0.25) is 4.98 Å². The van der Waals surface area contributed by atoms with Crippen molar-refractivity contribution >= 4 is 11.0 Å². The molecule has 0 fully saturated rings. The Morgan fingerprint density at radius 3 is 2.06 bits per heavy atom. The molecule has 3 heteroatoms. The van der Waals surface area contributed by atoms with Crippen molar-refractivity contribution in [3.63, 3.8) is 0 Å². The monoisotopic (exact) mass is 474 g/mol. The minimum atomic E-state index is 0.359. The number of hydrogen-bond donors (Lipinski definition) is 0. The minimum absolute atomic E-state index is 0.359. The lowest BCUT2D eigenvalue weighted by Crippen LogP contribution is -2.36. The molecule has 0 aliphatic carbocycles. The Hall–Kier alpha value is -3.72. The van der Waals surface area contributed by atoms with Crippen molar-refractivity contribution in [3.8, 4) is 28.2 Å².